The fourth-order valence-electron chi connectivity index (χ4n) is 3.69. The molecule has 2 amide bonds. The molecule has 1 heterocycles. The zero-order valence-corrected chi connectivity index (χ0v) is 17.6. The zero-order valence-electron chi connectivity index (χ0n) is 16.8. The first-order chi connectivity index (χ1) is 12.7. The van der Waals surface area contributed by atoms with Crippen molar-refractivity contribution in [3.05, 3.63) is 69.8 Å². The van der Waals surface area contributed by atoms with E-state index in [1.54, 1.807) is 11.8 Å². The molecule has 0 aliphatic carbocycles. The summed E-state index contributed by atoms with van der Waals surface area (Å²) in [6, 6.07) is 11.8. The first kappa shape index (κ1) is 19.7. The number of amides is 2. The minimum Gasteiger partial charge on any atom is -0.277 e. The number of thioether (sulfide) groups is 1. The minimum atomic E-state index is -0.221. The fourth-order valence-corrected chi connectivity index (χ4v) is 4.90. The van der Waals surface area contributed by atoms with E-state index in [2.05, 4.69) is 46.8 Å². The molecule has 0 saturated heterocycles. The SMILES string of the molecule is Cc1cc(C)c(CSC(C)(C)CN2C(=O)Cc3ccccc3C2=O)c(C)c1. The number of hydrogen-bond acceptors (Lipinski definition) is 3. The predicted molar refractivity (Wildman–Crippen MR) is 112 cm³/mol. The Morgan fingerprint density at radius 1 is 1.04 bits per heavy atom. The molecule has 0 saturated carbocycles. The van der Waals surface area contributed by atoms with Crippen LogP contribution in [-0.4, -0.2) is 28.0 Å². The van der Waals surface area contributed by atoms with Crippen LogP contribution in [0.25, 0.3) is 0 Å². The molecule has 4 heteroatoms. The van der Waals surface area contributed by atoms with Crippen LogP contribution in [0.2, 0.25) is 0 Å². The van der Waals surface area contributed by atoms with Gasteiger partial charge in [0.1, 0.15) is 0 Å². The van der Waals surface area contributed by atoms with Crippen LogP contribution in [-0.2, 0) is 17.0 Å². The van der Waals surface area contributed by atoms with Gasteiger partial charge in [-0.05, 0) is 62.9 Å². The Labute approximate surface area is 166 Å². The summed E-state index contributed by atoms with van der Waals surface area (Å²) in [7, 11) is 0. The van der Waals surface area contributed by atoms with Crippen LogP contribution in [0.1, 0.15) is 52.0 Å². The van der Waals surface area contributed by atoms with E-state index in [0.717, 1.165) is 11.3 Å². The highest BCUT2D eigenvalue weighted by molar-refractivity contribution is 7.99. The third kappa shape index (κ3) is 4.27. The summed E-state index contributed by atoms with van der Waals surface area (Å²) in [5.74, 6) is 0.603. The molecule has 2 aromatic rings. The second-order valence-corrected chi connectivity index (χ2v) is 9.73. The summed E-state index contributed by atoms with van der Waals surface area (Å²) in [5, 5.41) is 0. The van der Waals surface area contributed by atoms with Gasteiger partial charge in [-0.3, -0.25) is 14.5 Å². The van der Waals surface area contributed by atoms with Crippen LogP contribution in [0.15, 0.2) is 36.4 Å². The number of carbonyl (C=O) groups is 2. The first-order valence-electron chi connectivity index (χ1n) is 9.31. The lowest BCUT2D eigenvalue weighted by molar-refractivity contribution is -0.128. The highest BCUT2D eigenvalue weighted by Crippen LogP contribution is 2.33. The number of benzene rings is 2. The van der Waals surface area contributed by atoms with E-state index in [4.69, 9.17) is 0 Å². The van der Waals surface area contributed by atoms with Crippen molar-refractivity contribution in [2.24, 2.45) is 0 Å². The third-order valence-corrected chi connectivity index (χ3v) is 6.47. The number of rotatable bonds is 5. The monoisotopic (exact) mass is 381 g/mol. The summed E-state index contributed by atoms with van der Waals surface area (Å²) < 4.78 is -0.221. The number of aryl methyl sites for hydroxylation is 3. The number of nitrogens with zero attached hydrogens (tertiary/aromatic N) is 1. The van der Waals surface area contributed by atoms with Crippen LogP contribution in [0.4, 0.5) is 0 Å². The van der Waals surface area contributed by atoms with Crippen molar-refractivity contribution >= 4 is 23.6 Å². The highest BCUT2D eigenvalue weighted by Gasteiger charge is 2.35. The third-order valence-electron chi connectivity index (χ3n) is 5.12. The normalized spacial score (nSPS) is 14.5. The molecule has 2 aromatic carbocycles. The molecule has 0 bridgehead atoms. The smallest absolute Gasteiger partial charge is 0.260 e. The van der Waals surface area contributed by atoms with E-state index in [1.165, 1.54) is 27.2 Å². The molecule has 142 valence electrons. The van der Waals surface area contributed by atoms with Crippen molar-refractivity contribution in [1.82, 2.24) is 4.90 Å². The molecular weight excluding hydrogens is 354 g/mol. The highest BCUT2D eigenvalue weighted by atomic mass is 32.2. The average molecular weight is 382 g/mol. The van der Waals surface area contributed by atoms with Crippen molar-refractivity contribution < 1.29 is 9.59 Å². The Kier molecular flexibility index (Phi) is 5.48. The largest absolute Gasteiger partial charge is 0.277 e. The quantitative estimate of drug-likeness (QED) is 0.695. The van der Waals surface area contributed by atoms with Crippen LogP contribution >= 0.6 is 11.8 Å². The maximum Gasteiger partial charge on any atom is 0.260 e. The molecule has 0 N–H and O–H groups in total. The fraction of sp³-hybridized carbons (Fsp3) is 0.391. The Balaban J connectivity index is 1.73. The van der Waals surface area contributed by atoms with Crippen LogP contribution in [0.5, 0.6) is 0 Å². The van der Waals surface area contributed by atoms with E-state index >= 15 is 0 Å². The maximum atomic E-state index is 12.8. The van der Waals surface area contributed by atoms with Gasteiger partial charge in [-0.2, -0.15) is 0 Å². The lowest BCUT2D eigenvalue weighted by atomic mass is 9.97. The summed E-state index contributed by atoms with van der Waals surface area (Å²) >= 11 is 1.80. The molecule has 0 radical (unpaired) electrons. The number of carbonyl (C=O) groups excluding carboxylic acids is 2. The molecule has 1 aliphatic heterocycles. The lowest BCUT2D eigenvalue weighted by Gasteiger charge is -2.34. The van der Waals surface area contributed by atoms with Gasteiger partial charge in [-0.15, -0.1) is 11.8 Å². The first-order valence-corrected chi connectivity index (χ1v) is 10.3. The van der Waals surface area contributed by atoms with Gasteiger partial charge in [0, 0.05) is 22.6 Å². The van der Waals surface area contributed by atoms with Gasteiger partial charge in [-0.25, -0.2) is 0 Å². The van der Waals surface area contributed by atoms with E-state index in [0.29, 0.717) is 18.5 Å². The van der Waals surface area contributed by atoms with Gasteiger partial charge < -0.3 is 0 Å². The zero-order chi connectivity index (χ0) is 19.8. The van der Waals surface area contributed by atoms with Gasteiger partial charge in [0.25, 0.3) is 5.91 Å². The summed E-state index contributed by atoms with van der Waals surface area (Å²) in [4.78, 5) is 26.8. The number of hydrogen-bond donors (Lipinski definition) is 0. The van der Waals surface area contributed by atoms with E-state index in [-0.39, 0.29) is 16.6 Å². The predicted octanol–water partition coefficient (Wildman–Crippen LogP) is 4.85. The van der Waals surface area contributed by atoms with Crippen molar-refractivity contribution in [2.45, 2.75) is 51.5 Å². The Bertz CT molecular complexity index is 878. The van der Waals surface area contributed by atoms with Crippen LogP contribution < -0.4 is 0 Å². The Morgan fingerprint density at radius 2 is 1.67 bits per heavy atom. The molecule has 0 unspecified atom stereocenters. The molecule has 0 spiro atoms. The van der Waals surface area contributed by atoms with E-state index in [9.17, 15) is 9.59 Å². The van der Waals surface area contributed by atoms with Crippen LogP contribution in [0.3, 0.4) is 0 Å². The van der Waals surface area contributed by atoms with Gasteiger partial charge in [0.2, 0.25) is 5.91 Å². The standard InChI is InChI=1S/C23H27NO2S/c1-15-10-16(2)20(17(3)11-15)13-27-23(4,5)14-24-21(25)12-18-8-6-7-9-19(18)22(24)26/h6-11H,12-14H2,1-5H3. The molecule has 1 aliphatic rings. The Morgan fingerprint density at radius 3 is 2.33 bits per heavy atom. The van der Waals surface area contributed by atoms with E-state index in [1.807, 2.05) is 24.3 Å². The second-order valence-electron chi connectivity index (χ2n) is 8.04. The second kappa shape index (κ2) is 7.51. The van der Waals surface area contributed by atoms with Crippen molar-refractivity contribution in [1.29, 1.82) is 0 Å². The molecule has 0 aromatic heterocycles. The summed E-state index contributed by atoms with van der Waals surface area (Å²) in [6.45, 7) is 11.1. The van der Waals surface area contributed by atoms with Gasteiger partial charge in [-0.1, -0.05) is 35.9 Å². The summed E-state index contributed by atoms with van der Waals surface area (Å²) in [6.07, 6.45) is 0.304. The van der Waals surface area contributed by atoms with Crippen molar-refractivity contribution in [2.75, 3.05) is 6.54 Å². The molecule has 3 nitrogen and oxygen atoms in total. The average Bonchev–Trinajstić information content (AvgIpc) is 2.57. The molecular formula is C23H27NO2S. The minimum absolute atomic E-state index is 0.102. The molecule has 3 rings (SSSR count). The lowest BCUT2D eigenvalue weighted by Crippen LogP contribution is -2.48. The molecule has 0 fully saturated rings. The van der Waals surface area contributed by atoms with Gasteiger partial charge >= 0.3 is 0 Å². The van der Waals surface area contributed by atoms with Gasteiger partial charge in [0.15, 0.2) is 0 Å². The van der Waals surface area contributed by atoms with Crippen molar-refractivity contribution in [3.8, 4) is 0 Å². The number of imide groups is 1. The summed E-state index contributed by atoms with van der Waals surface area (Å²) in [5.41, 5.74) is 6.72. The van der Waals surface area contributed by atoms with Crippen molar-refractivity contribution in [3.63, 3.8) is 0 Å². The number of fused-ring (bicyclic) bond motifs is 1. The Hall–Kier alpha value is -2.07. The van der Waals surface area contributed by atoms with E-state index < -0.39 is 0 Å². The van der Waals surface area contributed by atoms with Gasteiger partial charge in [0.05, 0.1) is 6.42 Å². The topological polar surface area (TPSA) is 37.4 Å². The molecule has 27 heavy (non-hydrogen) atoms. The molecule has 0 atom stereocenters. The maximum absolute atomic E-state index is 12.8. The van der Waals surface area contributed by atoms with Crippen LogP contribution in [0, 0.1) is 20.8 Å².